The highest BCUT2D eigenvalue weighted by Gasteiger charge is 2.60. The number of ether oxygens (including phenoxy) is 2. The summed E-state index contributed by atoms with van der Waals surface area (Å²) >= 11 is 5.90. The van der Waals surface area contributed by atoms with E-state index in [9.17, 15) is 41.7 Å². The molecule has 34 nitrogen and oxygen atoms in total. The molecule has 5 saturated heterocycles. The number of carbonyl (C=O) groups is 2. The smallest absolute Gasteiger partial charge is 0.481 e. The summed E-state index contributed by atoms with van der Waals surface area (Å²) in [6.45, 7) is 8.04. The predicted molar refractivity (Wildman–Crippen MR) is 443 cm³/mol. The number of nitrogens with one attached hydrogen (secondary N) is 2. The number of piperidine rings is 4. The van der Waals surface area contributed by atoms with Gasteiger partial charge in [0.15, 0.2) is 5.75 Å². The monoisotopic (exact) mass is 1710 g/mol. The first-order valence-electron chi connectivity index (χ1n) is 39.4. The molecule has 0 spiro atoms. The Morgan fingerprint density at radius 1 is 0.512 bits per heavy atom. The van der Waals surface area contributed by atoms with Gasteiger partial charge in [0.1, 0.15) is 46.1 Å². The molecule has 4 atom stereocenters. The number of alkyl halides is 3. The first-order valence-corrected chi connectivity index (χ1v) is 41.2. The number of aryl methyl sites for hydroxylation is 3. The molecule has 4 saturated carbocycles. The zero-order valence-electron chi connectivity index (χ0n) is 67.9. The minimum atomic E-state index is -5.91. The van der Waals surface area contributed by atoms with Gasteiger partial charge in [0.2, 0.25) is 23.6 Å². The lowest BCUT2D eigenvalue weighted by molar-refractivity contribution is -0.135. The first-order chi connectivity index (χ1) is 58.8. The fraction of sp³-hybridized carbons (Fsp3) is 0.361. The average Bonchev–Trinajstić information content (AvgIpc) is 1.45. The van der Waals surface area contributed by atoms with Gasteiger partial charge in [0, 0.05) is 139 Å². The number of anilines is 4. The van der Waals surface area contributed by atoms with Crippen molar-refractivity contribution in [3.8, 4) is 80.4 Å². The molecule has 0 aromatic carbocycles. The van der Waals surface area contributed by atoms with Gasteiger partial charge in [-0.3, -0.25) is 28.6 Å². The maximum atomic E-state index is 13.7. The molecule has 9 fully saturated rings. The van der Waals surface area contributed by atoms with Crippen LogP contribution >= 0.6 is 11.6 Å². The van der Waals surface area contributed by atoms with E-state index >= 15 is 0 Å². The number of nitrogens with zero attached hydrogens (tertiary/aromatic N) is 23. The van der Waals surface area contributed by atoms with Crippen LogP contribution in [0, 0.1) is 56.7 Å². The van der Waals surface area contributed by atoms with Crippen molar-refractivity contribution >= 4 is 85.7 Å². The Hall–Kier alpha value is -13.4. The number of halogens is 4. The minimum Gasteiger partial charge on any atom is -0.481 e. The summed E-state index contributed by atoms with van der Waals surface area (Å²) in [6.07, 6.45) is 39.6. The number of nitriles is 3. The summed E-state index contributed by atoms with van der Waals surface area (Å²) in [5, 5.41) is 60.1. The number of rotatable bonds is 15. The summed E-state index contributed by atoms with van der Waals surface area (Å²) in [5.74, 6) is 3.39. The minimum absolute atomic E-state index is 0.0802. The number of amides is 2. The Bertz CT molecular complexity index is 6470. The third-order valence-electron chi connectivity index (χ3n) is 24.6. The van der Waals surface area contributed by atoms with Crippen molar-refractivity contribution in [2.24, 2.45) is 43.8 Å². The Labute approximate surface area is 707 Å². The molecule has 8 bridgehead atoms. The van der Waals surface area contributed by atoms with Crippen LogP contribution in [0.25, 0.3) is 61.2 Å². The largest absolute Gasteiger partial charge is 0.534 e. The van der Waals surface area contributed by atoms with Crippen LogP contribution < -0.4 is 39.6 Å². The van der Waals surface area contributed by atoms with Gasteiger partial charge < -0.3 is 43.4 Å². The Morgan fingerprint density at radius 2 is 0.935 bits per heavy atom. The number of hydrogen-bond acceptors (Lipinski definition) is 26. The van der Waals surface area contributed by atoms with E-state index < -0.39 is 45.1 Å². The van der Waals surface area contributed by atoms with Crippen molar-refractivity contribution in [1.29, 1.82) is 15.8 Å². The predicted octanol–water partition coefficient (Wildman–Crippen LogP) is 11.3. The topological polar surface area (TPSA) is 399 Å². The lowest BCUT2D eigenvalue weighted by atomic mass is 9.55. The van der Waals surface area contributed by atoms with Crippen LogP contribution in [-0.2, 0) is 50.2 Å². The lowest BCUT2D eigenvalue weighted by Gasteiger charge is -2.61. The standard InChI is InChI=1S/C32H30N10O2.C20H22ClN5O2.C18H20BN5O2.C13H8F3N5O3S/c1-40-17-22(13-37-40)20-7-26(30-21(11-33)12-38-41(30)18-20)27-15-35-28(16-34-27)42-24-5-19-6-25(42)10-32(8-19,9-24)31(43)39-23-3-4-29(44-2)36-14-23;1-28-18-3-2-13(9-24-18)25-19(27)20-6-12-4-14(7-20)26(15(5-12)8-20)17-11-22-16(21)10-23-17;1-17(2)18(3,4)26-19(25-17)15-6-12(14-9-21-23(5)10-14)11-24-16(15)13(7-20)8-22-24;1-20-6-10(5-18-20)8-2-11(24-25(22,23)13(14,15)16)12-9(3-17)4-19-21(12)7-8/h3-4,7,12-19,24-25H,5-6,8-10H2,1-2H3,(H,39,43);2-3,9-12,14-15H,4-8H2,1H3,(H,25,27);6,8-11H,1-5H3;2,4-7H,1H3. The number of methoxy groups -OCH3 is 2. The molecule has 9 aliphatic rings. The summed E-state index contributed by atoms with van der Waals surface area (Å²) in [6, 6.07) is 19.6. The Balaban J connectivity index is 0.000000120. The number of carbonyl (C=O) groups excluding carboxylic acids is 2. The van der Waals surface area contributed by atoms with Crippen molar-refractivity contribution in [1.82, 2.24) is 88.1 Å². The van der Waals surface area contributed by atoms with Crippen LogP contribution in [-0.4, -0.2) is 171 Å². The van der Waals surface area contributed by atoms with E-state index in [0.717, 1.165) is 126 Å². The molecule has 13 aromatic rings. The maximum Gasteiger partial charge on any atom is 0.534 e. The highest BCUT2D eigenvalue weighted by molar-refractivity contribution is 7.88. The van der Waals surface area contributed by atoms with E-state index in [-0.39, 0.29) is 40.4 Å². The molecule has 22 rings (SSSR count). The highest BCUT2D eigenvalue weighted by Crippen LogP contribution is 2.59. The lowest BCUT2D eigenvalue weighted by Crippen LogP contribution is -2.64. The van der Waals surface area contributed by atoms with Crippen LogP contribution in [0.1, 0.15) is 109 Å². The molecule has 2 N–H and O–H groups in total. The average molecular weight is 1710 g/mol. The van der Waals surface area contributed by atoms with Crippen LogP contribution in [0.2, 0.25) is 5.15 Å². The van der Waals surface area contributed by atoms with Crippen LogP contribution in [0.3, 0.4) is 0 Å². The van der Waals surface area contributed by atoms with E-state index in [1.807, 2.05) is 97.0 Å². The zero-order chi connectivity index (χ0) is 86.4. The highest BCUT2D eigenvalue weighted by atomic mass is 35.5. The number of aromatic nitrogens is 18. The number of pyridine rings is 5. The molecule has 0 radical (unpaired) electrons. The Morgan fingerprint density at radius 3 is 1.33 bits per heavy atom. The summed E-state index contributed by atoms with van der Waals surface area (Å²) in [5.41, 5.74) is 2.97. The summed E-state index contributed by atoms with van der Waals surface area (Å²) < 4.78 is 97.1. The summed E-state index contributed by atoms with van der Waals surface area (Å²) in [7, 11) is 2.04. The van der Waals surface area contributed by atoms with Crippen LogP contribution in [0.4, 0.5) is 36.2 Å². The molecule has 18 heterocycles. The molecule has 4 aliphatic carbocycles. The molecular formula is C83H80BClF3N25O9S. The van der Waals surface area contributed by atoms with E-state index in [1.165, 1.54) is 17.1 Å². The third-order valence-corrected chi connectivity index (χ3v) is 25.7. The molecule has 13 aromatic heterocycles. The van der Waals surface area contributed by atoms with Gasteiger partial charge >= 0.3 is 22.7 Å². The first kappa shape index (κ1) is 81.9. The van der Waals surface area contributed by atoms with Crippen molar-refractivity contribution in [3.05, 3.63) is 176 Å². The van der Waals surface area contributed by atoms with Gasteiger partial charge in [0.25, 0.3) is 0 Å². The van der Waals surface area contributed by atoms with E-state index in [4.69, 9.17) is 45.6 Å². The summed E-state index contributed by atoms with van der Waals surface area (Å²) in [4.78, 5) is 58.6. The van der Waals surface area contributed by atoms with Crippen molar-refractivity contribution in [2.75, 3.05) is 34.7 Å². The quantitative estimate of drug-likeness (QED) is 0.0547. The molecule has 628 valence electrons. The molecule has 4 unspecified atom stereocenters. The Kier molecular flexibility index (Phi) is 21.0. The molecular weight excluding hydrogens is 1630 g/mol. The third kappa shape index (κ3) is 15.6. The SMILES string of the molecule is COc1ccc(NC(=O)C23CC4CC(C2)N(c2cnc(-c5cc(-c6cnn(C)c6)cn6ncc(C#N)c56)cn2)C(C4)C3)cn1.COc1ccc(NC(=O)C23CC4CC(C2)N(c2cnc(Cl)cn2)C(C4)C3)cn1.Cn1cc(-c2cc(B3OC(C)(C)C(C)(C)O3)c3c(C#N)cnn3c2)cn1.Cn1cc(-c2cc(OS(=O)(=O)C(F)(F)F)c3c(C#N)cnn3c2)cn1. The van der Waals surface area contributed by atoms with Crippen molar-refractivity contribution < 1.29 is 54.1 Å². The van der Waals surface area contributed by atoms with Crippen molar-refractivity contribution in [3.63, 3.8) is 0 Å². The van der Waals surface area contributed by atoms with Gasteiger partial charge in [-0.05, 0) is 128 Å². The van der Waals surface area contributed by atoms with Crippen LogP contribution in [0.5, 0.6) is 17.5 Å². The zero-order valence-corrected chi connectivity index (χ0v) is 69.5. The van der Waals surface area contributed by atoms with Gasteiger partial charge in [0.05, 0.1) is 150 Å². The van der Waals surface area contributed by atoms with Gasteiger partial charge in [-0.15, -0.1) is 0 Å². The van der Waals surface area contributed by atoms with E-state index in [0.29, 0.717) is 91.2 Å². The number of hydrogen-bond donors (Lipinski definition) is 2. The second-order valence-electron chi connectivity index (χ2n) is 33.0. The normalized spacial score (nSPS) is 21.7. The molecule has 2 amide bonds. The molecule has 123 heavy (non-hydrogen) atoms. The maximum absolute atomic E-state index is 13.7. The van der Waals surface area contributed by atoms with Gasteiger partial charge in [-0.2, -0.15) is 68.0 Å². The van der Waals surface area contributed by atoms with Gasteiger partial charge in [-0.25, -0.2) is 38.5 Å². The second kappa shape index (κ2) is 31.6. The van der Waals surface area contributed by atoms with Crippen LogP contribution in [0.15, 0.2) is 154 Å². The second-order valence-corrected chi connectivity index (χ2v) is 34.9. The van der Waals surface area contributed by atoms with Gasteiger partial charge in [-0.1, -0.05) is 17.7 Å². The fourth-order valence-corrected chi connectivity index (χ4v) is 19.2. The molecule has 40 heteroatoms. The fourth-order valence-electron chi connectivity index (χ4n) is 18.6. The van der Waals surface area contributed by atoms with Crippen molar-refractivity contribution in [2.45, 2.75) is 133 Å². The molecule has 5 aliphatic heterocycles. The van der Waals surface area contributed by atoms with E-state index in [1.54, 1.807) is 120 Å². The number of fused-ring (bicyclic) bond motifs is 3. The van der Waals surface area contributed by atoms with E-state index in [2.05, 4.69) is 87.3 Å².